The molecule has 0 atom stereocenters. The van der Waals surface area contributed by atoms with E-state index in [0.29, 0.717) is 23.0 Å². The van der Waals surface area contributed by atoms with E-state index in [2.05, 4.69) is 4.98 Å². The van der Waals surface area contributed by atoms with Gasteiger partial charge in [-0.3, -0.25) is 4.57 Å². The zero-order valence-electron chi connectivity index (χ0n) is 11.2. The number of alkyl halides is 6. The molecule has 0 unspecified atom stereocenters. The van der Waals surface area contributed by atoms with E-state index in [4.69, 9.17) is 0 Å². The van der Waals surface area contributed by atoms with Crippen LogP contribution in [0.2, 0.25) is 0 Å². The molecule has 0 spiro atoms. The zero-order chi connectivity index (χ0) is 17.6. The minimum absolute atomic E-state index is 0. The third kappa shape index (κ3) is 4.34. The van der Waals surface area contributed by atoms with Crippen molar-refractivity contribution in [2.75, 3.05) is 5.75 Å². The molecular formula is C11H9F6N2NaO2S2. The second-order valence-corrected chi connectivity index (χ2v) is 7.62. The molecule has 0 aliphatic heterocycles. The Hall–Kier alpha value is -0.560. The molecule has 2 rings (SSSR count). The monoisotopic (exact) mass is 402 g/mol. The topological polar surface area (TPSA) is 52.0 Å². The summed E-state index contributed by atoms with van der Waals surface area (Å²) >= 11 is -0.0132. The van der Waals surface area contributed by atoms with Crippen LogP contribution in [0.15, 0.2) is 23.4 Å². The number of halogens is 6. The van der Waals surface area contributed by atoms with E-state index >= 15 is 0 Å². The van der Waals surface area contributed by atoms with Crippen molar-refractivity contribution in [1.29, 1.82) is 0 Å². The third-order valence-corrected chi connectivity index (χ3v) is 5.55. The van der Waals surface area contributed by atoms with Crippen LogP contribution in [0.4, 0.5) is 26.3 Å². The van der Waals surface area contributed by atoms with Gasteiger partial charge in [-0.25, -0.2) is 13.4 Å². The molecule has 2 aromatic rings. The summed E-state index contributed by atoms with van der Waals surface area (Å²) in [6, 6.07) is 0.382. The van der Waals surface area contributed by atoms with Crippen molar-refractivity contribution < 1.29 is 34.8 Å². The van der Waals surface area contributed by atoms with Crippen molar-refractivity contribution in [2.45, 2.75) is 24.2 Å². The number of hydrogen-bond donors (Lipinski definition) is 0. The predicted molar refractivity (Wildman–Crippen MR) is 76.3 cm³/mol. The SMILES string of the molecule is CCS(=O)(=O)c1cc(C(F)(F)F)n(-c2ncc(C(F)(F)F)s2)c1.[NaH]. The maximum absolute atomic E-state index is 13.0. The molecule has 0 aliphatic carbocycles. The van der Waals surface area contributed by atoms with Crippen molar-refractivity contribution >= 4 is 50.7 Å². The van der Waals surface area contributed by atoms with E-state index in [0.717, 1.165) is 0 Å². The van der Waals surface area contributed by atoms with Crippen LogP contribution in [0, 0.1) is 0 Å². The van der Waals surface area contributed by atoms with Gasteiger partial charge in [0, 0.05) is 6.20 Å². The summed E-state index contributed by atoms with van der Waals surface area (Å²) in [7, 11) is -3.96. The van der Waals surface area contributed by atoms with Gasteiger partial charge in [-0.15, -0.1) is 0 Å². The fraction of sp³-hybridized carbons (Fsp3) is 0.364. The molecule has 4 nitrogen and oxygen atoms in total. The van der Waals surface area contributed by atoms with E-state index in [1.807, 2.05) is 0 Å². The molecule has 0 amide bonds. The standard InChI is InChI=1S/C11H8F6N2O2S2.Na.H/c1-2-23(20,21)6-3-7(10(12,13)14)19(5-6)9-18-4-8(22-9)11(15,16)17;;/h3-5H,2H2,1H3;;. The van der Waals surface area contributed by atoms with Gasteiger partial charge in [0.1, 0.15) is 10.6 Å². The normalized spacial score (nSPS) is 13.0. The van der Waals surface area contributed by atoms with Crippen molar-refractivity contribution in [3.63, 3.8) is 0 Å². The van der Waals surface area contributed by atoms with Crippen LogP contribution in [0.25, 0.3) is 5.13 Å². The molecule has 0 fully saturated rings. The fourth-order valence-corrected chi connectivity index (χ4v) is 3.32. The zero-order valence-corrected chi connectivity index (χ0v) is 12.9. The molecule has 0 saturated carbocycles. The molecule has 2 aromatic heterocycles. The molecule has 0 aromatic carbocycles. The first-order valence-electron chi connectivity index (χ1n) is 5.92. The van der Waals surface area contributed by atoms with Gasteiger partial charge in [0.25, 0.3) is 0 Å². The molecule has 130 valence electrons. The quantitative estimate of drug-likeness (QED) is 0.586. The second-order valence-electron chi connectivity index (χ2n) is 4.34. The van der Waals surface area contributed by atoms with Crippen LogP contribution in [0.5, 0.6) is 0 Å². The van der Waals surface area contributed by atoms with Gasteiger partial charge < -0.3 is 0 Å². The molecule has 0 N–H and O–H groups in total. The summed E-state index contributed by atoms with van der Waals surface area (Å²) in [6.07, 6.45) is -8.68. The molecule has 13 heteroatoms. The number of thiazole rings is 1. The Balaban J connectivity index is 0.00000288. The number of hydrogen-bond acceptors (Lipinski definition) is 4. The average Bonchev–Trinajstić information content (AvgIpc) is 3.03. The van der Waals surface area contributed by atoms with Gasteiger partial charge in [0.15, 0.2) is 15.0 Å². The average molecular weight is 402 g/mol. The first kappa shape index (κ1) is 21.5. The van der Waals surface area contributed by atoms with Gasteiger partial charge in [0.2, 0.25) is 0 Å². The van der Waals surface area contributed by atoms with Gasteiger partial charge in [-0.1, -0.05) is 18.3 Å². The van der Waals surface area contributed by atoms with Crippen molar-refractivity contribution in [3.8, 4) is 5.13 Å². The third-order valence-electron chi connectivity index (χ3n) is 2.80. The van der Waals surface area contributed by atoms with Gasteiger partial charge in [0.05, 0.1) is 16.8 Å². The summed E-state index contributed by atoms with van der Waals surface area (Å²) in [5.74, 6) is -0.444. The predicted octanol–water partition coefficient (Wildman–Crippen LogP) is 3.12. The maximum atomic E-state index is 13.0. The Kier molecular flexibility index (Phi) is 6.25. The molecule has 0 aliphatic rings. The summed E-state index contributed by atoms with van der Waals surface area (Å²) in [6.45, 7) is 1.24. The van der Waals surface area contributed by atoms with Crippen LogP contribution in [-0.4, -0.2) is 53.3 Å². The summed E-state index contributed by atoms with van der Waals surface area (Å²) in [5.41, 5.74) is -1.41. The number of rotatable bonds is 3. The Morgan fingerprint density at radius 2 is 1.75 bits per heavy atom. The van der Waals surface area contributed by atoms with E-state index in [1.165, 1.54) is 6.92 Å². The molecule has 24 heavy (non-hydrogen) atoms. The van der Waals surface area contributed by atoms with Crippen molar-refractivity contribution in [2.24, 2.45) is 0 Å². The second kappa shape index (κ2) is 6.98. The first-order valence-corrected chi connectivity index (χ1v) is 8.39. The Morgan fingerprint density at radius 1 is 1.17 bits per heavy atom. The summed E-state index contributed by atoms with van der Waals surface area (Å²) in [4.78, 5) is 1.50. The van der Waals surface area contributed by atoms with E-state index in [-0.39, 0.29) is 40.9 Å². The van der Waals surface area contributed by atoms with Gasteiger partial charge in [-0.2, -0.15) is 26.3 Å². The number of aromatic nitrogens is 2. The molecular weight excluding hydrogens is 393 g/mol. The first-order chi connectivity index (χ1) is 10.4. The van der Waals surface area contributed by atoms with Crippen LogP contribution >= 0.6 is 11.3 Å². The summed E-state index contributed by atoms with van der Waals surface area (Å²) in [5, 5.41) is -0.623. The fourth-order valence-electron chi connectivity index (χ4n) is 1.66. The molecule has 0 saturated heterocycles. The van der Waals surface area contributed by atoms with E-state index < -0.39 is 48.5 Å². The van der Waals surface area contributed by atoms with Crippen LogP contribution in [0.1, 0.15) is 17.5 Å². The number of nitrogens with zero attached hydrogens (tertiary/aromatic N) is 2. The Labute approximate surface area is 158 Å². The Morgan fingerprint density at radius 3 is 2.17 bits per heavy atom. The Bertz CT molecular complexity index is 822. The van der Waals surface area contributed by atoms with Crippen LogP contribution in [-0.2, 0) is 22.2 Å². The van der Waals surface area contributed by atoms with Crippen LogP contribution < -0.4 is 0 Å². The number of sulfone groups is 1. The molecule has 2 heterocycles. The van der Waals surface area contributed by atoms with E-state index in [9.17, 15) is 34.8 Å². The minimum atomic E-state index is -4.95. The van der Waals surface area contributed by atoms with E-state index in [1.54, 1.807) is 0 Å². The van der Waals surface area contributed by atoms with Crippen molar-refractivity contribution in [1.82, 2.24) is 9.55 Å². The molecule has 0 bridgehead atoms. The van der Waals surface area contributed by atoms with Gasteiger partial charge in [-0.05, 0) is 6.07 Å². The molecule has 0 radical (unpaired) electrons. The summed E-state index contributed by atoms with van der Waals surface area (Å²) < 4.78 is 100. The van der Waals surface area contributed by atoms with Gasteiger partial charge >= 0.3 is 41.9 Å². The van der Waals surface area contributed by atoms with Crippen LogP contribution in [0.3, 0.4) is 0 Å². The van der Waals surface area contributed by atoms with Crippen molar-refractivity contribution in [3.05, 3.63) is 29.0 Å².